The van der Waals surface area contributed by atoms with Crippen LogP contribution in [0.1, 0.15) is 25.2 Å². The Hall–Kier alpha value is -2.07. The summed E-state index contributed by atoms with van der Waals surface area (Å²) in [6, 6.07) is 9.42. The summed E-state index contributed by atoms with van der Waals surface area (Å²) in [6.07, 6.45) is -3.63. The topological polar surface area (TPSA) is 63.1 Å². The van der Waals surface area contributed by atoms with Gasteiger partial charge in [0.15, 0.2) is 11.0 Å². The van der Waals surface area contributed by atoms with Crippen molar-refractivity contribution in [3.8, 4) is 5.69 Å². The second-order valence-corrected chi connectivity index (χ2v) is 7.02. The summed E-state index contributed by atoms with van der Waals surface area (Å²) in [6.45, 7) is 0.688. The molecule has 6 nitrogen and oxygen atoms in total. The van der Waals surface area contributed by atoms with Gasteiger partial charge in [0, 0.05) is 5.69 Å². The molecule has 0 aliphatic heterocycles. The number of alkyl halides is 3. The number of thioether (sulfide) groups is 1. The number of rotatable bonds is 8. The van der Waals surface area contributed by atoms with Crippen molar-refractivity contribution in [1.29, 1.82) is 0 Å². The second-order valence-electron chi connectivity index (χ2n) is 6.08. The first-order chi connectivity index (χ1) is 12.7. The SMILES string of the molecule is CC[C@H](c1nnc(SCC(=O)NCC(F)(F)F)n1-c1ccccc1)N(C)C. The van der Waals surface area contributed by atoms with Crippen molar-refractivity contribution in [3.63, 3.8) is 0 Å². The third-order valence-corrected chi connectivity index (χ3v) is 4.73. The second kappa shape index (κ2) is 9.23. The van der Waals surface area contributed by atoms with Crippen LogP contribution in [-0.4, -0.2) is 58.1 Å². The Morgan fingerprint density at radius 2 is 1.93 bits per heavy atom. The summed E-state index contributed by atoms with van der Waals surface area (Å²) < 4.78 is 38.5. The molecule has 0 saturated heterocycles. The standard InChI is InChI=1S/C17H22F3N5OS/c1-4-13(24(2)3)15-22-23-16(25(15)12-8-6-5-7-9-12)27-10-14(26)21-11-17(18,19)20/h5-9,13H,4,10-11H2,1-3H3,(H,21,26)/t13-/m1/s1. The molecule has 1 amide bonds. The maximum atomic E-state index is 12.2. The Morgan fingerprint density at radius 1 is 1.26 bits per heavy atom. The first-order valence-corrected chi connectivity index (χ1v) is 9.35. The average Bonchev–Trinajstić information content (AvgIpc) is 3.02. The van der Waals surface area contributed by atoms with Crippen LogP contribution in [0, 0.1) is 0 Å². The zero-order chi connectivity index (χ0) is 20.0. The van der Waals surface area contributed by atoms with Crippen LogP contribution in [0.15, 0.2) is 35.5 Å². The molecule has 0 radical (unpaired) electrons. The van der Waals surface area contributed by atoms with Gasteiger partial charge in [-0.3, -0.25) is 14.3 Å². The van der Waals surface area contributed by atoms with Gasteiger partial charge in [-0.15, -0.1) is 10.2 Å². The normalized spacial score (nSPS) is 13.0. The van der Waals surface area contributed by atoms with Gasteiger partial charge in [-0.25, -0.2) is 0 Å². The Balaban J connectivity index is 2.24. The molecule has 1 atom stereocenters. The lowest BCUT2D eigenvalue weighted by Gasteiger charge is -2.23. The molecular weight excluding hydrogens is 379 g/mol. The van der Waals surface area contributed by atoms with Gasteiger partial charge in [0.05, 0.1) is 11.8 Å². The van der Waals surface area contributed by atoms with Gasteiger partial charge in [0.25, 0.3) is 0 Å². The largest absolute Gasteiger partial charge is 0.405 e. The van der Waals surface area contributed by atoms with E-state index in [4.69, 9.17) is 0 Å². The van der Waals surface area contributed by atoms with Crippen molar-refractivity contribution in [2.75, 3.05) is 26.4 Å². The van der Waals surface area contributed by atoms with Crippen LogP contribution in [0.4, 0.5) is 13.2 Å². The first kappa shape index (κ1) is 21.2. The van der Waals surface area contributed by atoms with Crippen molar-refractivity contribution in [2.45, 2.75) is 30.7 Å². The van der Waals surface area contributed by atoms with Crippen molar-refractivity contribution >= 4 is 17.7 Å². The fraction of sp³-hybridized carbons (Fsp3) is 0.471. The Kier molecular flexibility index (Phi) is 7.25. The van der Waals surface area contributed by atoms with Crippen LogP contribution < -0.4 is 5.32 Å². The van der Waals surface area contributed by atoms with Gasteiger partial charge in [-0.1, -0.05) is 36.9 Å². The number of halogens is 3. The zero-order valence-corrected chi connectivity index (χ0v) is 16.1. The van der Waals surface area contributed by atoms with Crippen LogP contribution >= 0.6 is 11.8 Å². The molecule has 1 N–H and O–H groups in total. The number of carbonyl (C=O) groups excluding carboxylic acids is 1. The van der Waals surface area contributed by atoms with Crippen LogP contribution in [0.5, 0.6) is 0 Å². The van der Waals surface area contributed by atoms with Gasteiger partial charge in [0.2, 0.25) is 5.91 Å². The summed E-state index contributed by atoms with van der Waals surface area (Å²) in [5.74, 6) is -0.173. The van der Waals surface area contributed by atoms with Gasteiger partial charge in [0.1, 0.15) is 6.54 Å². The van der Waals surface area contributed by atoms with E-state index in [-0.39, 0.29) is 11.8 Å². The van der Waals surface area contributed by atoms with Gasteiger partial charge < -0.3 is 5.32 Å². The molecule has 0 saturated carbocycles. The minimum absolute atomic E-state index is 0.00566. The lowest BCUT2D eigenvalue weighted by molar-refractivity contribution is -0.136. The Bertz CT molecular complexity index is 749. The van der Waals surface area contributed by atoms with Crippen molar-refractivity contribution < 1.29 is 18.0 Å². The molecule has 1 aromatic heterocycles. The average molecular weight is 401 g/mol. The molecule has 0 aliphatic carbocycles. The van der Waals surface area contributed by atoms with Crippen molar-refractivity contribution in [1.82, 2.24) is 25.0 Å². The van der Waals surface area contributed by atoms with E-state index in [0.29, 0.717) is 11.0 Å². The highest BCUT2D eigenvalue weighted by atomic mass is 32.2. The van der Waals surface area contributed by atoms with Crippen LogP contribution in [0.2, 0.25) is 0 Å². The summed E-state index contributed by atoms with van der Waals surface area (Å²) in [5, 5.41) is 10.8. The third-order valence-electron chi connectivity index (χ3n) is 3.80. The first-order valence-electron chi connectivity index (χ1n) is 8.36. The number of aromatic nitrogens is 3. The Morgan fingerprint density at radius 3 is 2.48 bits per heavy atom. The van der Waals surface area contributed by atoms with Crippen LogP contribution in [0.25, 0.3) is 5.69 Å². The number of nitrogens with zero attached hydrogens (tertiary/aromatic N) is 4. The number of benzene rings is 1. The number of para-hydroxylation sites is 1. The van der Waals surface area contributed by atoms with E-state index < -0.39 is 18.6 Å². The molecule has 27 heavy (non-hydrogen) atoms. The van der Waals surface area contributed by atoms with E-state index >= 15 is 0 Å². The fourth-order valence-electron chi connectivity index (χ4n) is 2.57. The van der Waals surface area contributed by atoms with Gasteiger partial charge >= 0.3 is 6.18 Å². The molecule has 1 aromatic carbocycles. The minimum atomic E-state index is -4.43. The smallest absolute Gasteiger partial charge is 0.346 e. The summed E-state index contributed by atoms with van der Waals surface area (Å²) >= 11 is 1.05. The summed E-state index contributed by atoms with van der Waals surface area (Å²) in [7, 11) is 3.88. The van der Waals surface area contributed by atoms with E-state index in [9.17, 15) is 18.0 Å². The molecule has 2 aromatic rings. The lowest BCUT2D eigenvalue weighted by atomic mass is 10.2. The minimum Gasteiger partial charge on any atom is -0.346 e. The molecule has 0 fully saturated rings. The quantitative estimate of drug-likeness (QED) is 0.689. The Labute approximate surface area is 160 Å². The van der Waals surface area contributed by atoms with E-state index in [1.54, 1.807) is 0 Å². The van der Waals surface area contributed by atoms with E-state index in [1.165, 1.54) is 0 Å². The maximum absolute atomic E-state index is 12.2. The van der Waals surface area contributed by atoms with Crippen LogP contribution in [0.3, 0.4) is 0 Å². The fourth-order valence-corrected chi connectivity index (χ4v) is 3.36. The number of carbonyl (C=O) groups is 1. The third kappa shape index (κ3) is 5.96. The predicted octanol–water partition coefficient (Wildman–Crippen LogP) is 3.05. The summed E-state index contributed by atoms with van der Waals surface area (Å²) in [4.78, 5) is 13.7. The molecule has 0 unspecified atom stereocenters. The van der Waals surface area contributed by atoms with E-state index in [0.717, 1.165) is 23.9 Å². The molecular formula is C17H22F3N5OS. The van der Waals surface area contributed by atoms with E-state index in [2.05, 4.69) is 10.2 Å². The number of hydrogen-bond acceptors (Lipinski definition) is 5. The molecule has 0 spiro atoms. The molecule has 0 bridgehead atoms. The van der Waals surface area contributed by atoms with Crippen molar-refractivity contribution in [2.24, 2.45) is 0 Å². The highest BCUT2D eigenvalue weighted by Gasteiger charge is 2.28. The number of amides is 1. The van der Waals surface area contributed by atoms with Crippen molar-refractivity contribution in [3.05, 3.63) is 36.2 Å². The summed E-state index contributed by atoms with van der Waals surface area (Å²) in [5.41, 5.74) is 0.830. The highest BCUT2D eigenvalue weighted by molar-refractivity contribution is 7.99. The number of hydrogen-bond donors (Lipinski definition) is 1. The molecule has 2 rings (SSSR count). The highest BCUT2D eigenvalue weighted by Crippen LogP contribution is 2.28. The molecule has 0 aliphatic rings. The van der Waals surface area contributed by atoms with Crippen LogP contribution in [-0.2, 0) is 4.79 Å². The maximum Gasteiger partial charge on any atom is 0.405 e. The molecule has 148 valence electrons. The lowest BCUT2D eigenvalue weighted by Crippen LogP contribution is -2.34. The molecule has 10 heteroatoms. The predicted molar refractivity (Wildman–Crippen MR) is 97.9 cm³/mol. The zero-order valence-electron chi connectivity index (χ0n) is 15.3. The number of nitrogens with one attached hydrogen (secondary N) is 1. The molecule has 1 heterocycles. The van der Waals surface area contributed by atoms with E-state index in [1.807, 2.05) is 66.1 Å². The van der Waals surface area contributed by atoms with Gasteiger partial charge in [-0.2, -0.15) is 13.2 Å². The van der Waals surface area contributed by atoms with Gasteiger partial charge in [-0.05, 0) is 32.6 Å². The monoisotopic (exact) mass is 401 g/mol.